The Morgan fingerprint density at radius 1 is 1.39 bits per heavy atom. The van der Waals surface area contributed by atoms with Crippen LogP contribution in [0.5, 0.6) is 0 Å². The van der Waals surface area contributed by atoms with Crippen LogP contribution in [0.2, 0.25) is 0 Å². The van der Waals surface area contributed by atoms with Crippen LogP contribution in [0.1, 0.15) is 39.0 Å². The number of hydrogen-bond acceptors (Lipinski definition) is 2. The molecule has 5 heteroatoms. The van der Waals surface area contributed by atoms with Crippen LogP contribution >= 0.6 is 0 Å². The highest BCUT2D eigenvalue weighted by atomic mass is 16.4. The van der Waals surface area contributed by atoms with Crippen molar-refractivity contribution in [2.75, 3.05) is 13.1 Å². The second kappa shape index (κ2) is 5.59. The predicted octanol–water partition coefficient (Wildman–Crippen LogP) is 1.68. The Kier molecular flexibility index (Phi) is 4.09. The molecule has 2 N–H and O–H groups in total. The number of hydrogen-bond donors (Lipinski definition) is 2. The van der Waals surface area contributed by atoms with Crippen molar-refractivity contribution in [2.45, 2.75) is 45.1 Å². The quantitative estimate of drug-likeness (QED) is 0.784. The molecule has 1 saturated carbocycles. The second-order valence-corrected chi connectivity index (χ2v) is 5.61. The van der Waals surface area contributed by atoms with Crippen LogP contribution in [0.3, 0.4) is 0 Å². The van der Waals surface area contributed by atoms with E-state index >= 15 is 0 Å². The van der Waals surface area contributed by atoms with Crippen LogP contribution in [-0.2, 0) is 4.79 Å². The smallest absolute Gasteiger partial charge is 0.317 e. The van der Waals surface area contributed by atoms with E-state index in [4.69, 9.17) is 5.11 Å². The first-order valence-corrected chi connectivity index (χ1v) is 6.83. The molecule has 2 unspecified atom stereocenters. The number of likely N-dealkylation sites (tertiary alicyclic amines) is 1. The molecule has 18 heavy (non-hydrogen) atoms. The molecule has 5 nitrogen and oxygen atoms in total. The lowest BCUT2D eigenvalue weighted by atomic mass is 10.0. The Balaban J connectivity index is 1.70. The molecule has 0 aromatic rings. The number of nitrogens with one attached hydrogen (secondary N) is 1. The highest BCUT2D eigenvalue weighted by Crippen LogP contribution is 2.32. The minimum absolute atomic E-state index is 0.0206. The lowest BCUT2D eigenvalue weighted by Gasteiger charge is -2.20. The van der Waals surface area contributed by atoms with E-state index in [1.807, 2.05) is 4.90 Å². The molecule has 2 fully saturated rings. The number of aliphatic carboxylic acids is 1. The van der Waals surface area contributed by atoms with Crippen LogP contribution in [-0.4, -0.2) is 41.1 Å². The van der Waals surface area contributed by atoms with Gasteiger partial charge < -0.3 is 15.3 Å². The zero-order valence-electron chi connectivity index (χ0n) is 10.9. The maximum atomic E-state index is 12.0. The van der Waals surface area contributed by atoms with Crippen molar-refractivity contribution in [1.82, 2.24) is 10.2 Å². The molecule has 2 atom stereocenters. The Morgan fingerprint density at radius 3 is 2.72 bits per heavy atom. The minimum Gasteiger partial charge on any atom is -0.481 e. The molecule has 2 aliphatic rings. The molecule has 1 heterocycles. The van der Waals surface area contributed by atoms with Crippen LogP contribution in [0.25, 0.3) is 0 Å². The SMILES string of the molecule is CC(NC(=O)N1CCC(CCC(=O)O)C1)C1CC1. The van der Waals surface area contributed by atoms with Crippen LogP contribution in [0.4, 0.5) is 4.79 Å². The molecule has 0 spiro atoms. The van der Waals surface area contributed by atoms with Crippen molar-refractivity contribution in [3.63, 3.8) is 0 Å². The topological polar surface area (TPSA) is 69.6 Å². The van der Waals surface area contributed by atoms with Gasteiger partial charge in [0.1, 0.15) is 0 Å². The number of carboxylic acids is 1. The molecule has 1 saturated heterocycles. The summed E-state index contributed by atoms with van der Waals surface area (Å²) in [7, 11) is 0. The summed E-state index contributed by atoms with van der Waals surface area (Å²) in [5, 5.41) is 11.7. The largest absolute Gasteiger partial charge is 0.481 e. The van der Waals surface area contributed by atoms with Gasteiger partial charge in [-0.1, -0.05) is 0 Å². The molecular weight excluding hydrogens is 232 g/mol. The molecule has 0 bridgehead atoms. The molecule has 1 aliphatic carbocycles. The van der Waals surface area contributed by atoms with Gasteiger partial charge in [0.05, 0.1) is 0 Å². The lowest BCUT2D eigenvalue weighted by Crippen LogP contribution is -2.43. The van der Waals surface area contributed by atoms with E-state index in [2.05, 4.69) is 12.2 Å². The van der Waals surface area contributed by atoms with E-state index in [-0.39, 0.29) is 18.5 Å². The van der Waals surface area contributed by atoms with E-state index in [1.54, 1.807) is 0 Å². The Hall–Kier alpha value is -1.26. The molecule has 1 aliphatic heterocycles. The van der Waals surface area contributed by atoms with Gasteiger partial charge in [0.2, 0.25) is 0 Å². The first-order valence-electron chi connectivity index (χ1n) is 6.83. The van der Waals surface area contributed by atoms with E-state index in [0.717, 1.165) is 13.0 Å². The highest BCUT2D eigenvalue weighted by Gasteiger charge is 2.32. The minimum atomic E-state index is -0.750. The second-order valence-electron chi connectivity index (χ2n) is 5.61. The summed E-state index contributed by atoms with van der Waals surface area (Å²) in [5.41, 5.74) is 0. The first kappa shape index (κ1) is 13.2. The predicted molar refractivity (Wildman–Crippen MR) is 67.3 cm³/mol. The number of carboxylic acid groups (broad SMARTS) is 1. The lowest BCUT2D eigenvalue weighted by molar-refractivity contribution is -0.137. The van der Waals surface area contributed by atoms with Crippen molar-refractivity contribution < 1.29 is 14.7 Å². The number of carbonyl (C=O) groups is 2. The molecule has 0 aromatic heterocycles. The van der Waals surface area contributed by atoms with Gasteiger partial charge in [-0.05, 0) is 44.4 Å². The molecule has 0 aromatic carbocycles. The zero-order chi connectivity index (χ0) is 13.1. The van der Waals surface area contributed by atoms with Crippen LogP contribution < -0.4 is 5.32 Å². The summed E-state index contributed by atoms with van der Waals surface area (Å²) in [4.78, 5) is 24.3. The summed E-state index contributed by atoms with van der Waals surface area (Å²) in [6.45, 7) is 3.53. The Labute approximate surface area is 108 Å². The normalized spacial score (nSPS) is 24.9. The highest BCUT2D eigenvalue weighted by molar-refractivity contribution is 5.74. The summed E-state index contributed by atoms with van der Waals surface area (Å²) in [5.74, 6) is 0.266. The fraction of sp³-hybridized carbons (Fsp3) is 0.846. The third kappa shape index (κ3) is 3.62. The van der Waals surface area contributed by atoms with Gasteiger partial charge in [-0.15, -0.1) is 0 Å². The maximum Gasteiger partial charge on any atom is 0.317 e. The number of carbonyl (C=O) groups excluding carboxylic acids is 1. The summed E-state index contributed by atoms with van der Waals surface area (Å²) in [6, 6.07) is 0.294. The fourth-order valence-corrected chi connectivity index (χ4v) is 2.58. The van der Waals surface area contributed by atoms with Gasteiger partial charge in [0, 0.05) is 25.6 Å². The van der Waals surface area contributed by atoms with Crippen molar-refractivity contribution >= 4 is 12.0 Å². The first-order chi connectivity index (χ1) is 8.56. The Bertz CT molecular complexity index is 328. The number of urea groups is 1. The average Bonchev–Trinajstić information content (AvgIpc) is 3.05. The van der Waals surface area contributed by atoms with E-state index in [1.165, 1.54) is 12.8 Å². The molecule has 0 radical (unpaired) electrons. The van der Waals surface area contributed by atoms with Crippen molar-refractivity contribution in [3.05, 3.63) is 0 Å². The number of rotatable bonds is 5. The van der Waals surface area contributed by atoms with Gasteiger partial charge in [0.25, 0.3) is 0 Å². The van der Waals surface area contributed by atoms with E-state index in [0.29, 0.717) is 24.8 Å². The number of amides is 2. The van der Waals surface area contributed by atoms with E-state index < -0.39 is 5.97 Å². The Morgan fingerprint density at radius 2 is 2.11 bits per heavy atom. The van der Waals surface area contributed by atoms with Gasteiger partial charge in [-0.25, -0.2) is 4.79 Å². The molecular formula is C13H22N2O3. The van der Waals surface area contributed by atoms with Crippen LogP contribution in [0.15, 0.2) is 0 Å². The summed E-state index contributed by atoms with van der Waals surface area (Å²) < 4.78 is 0. The van der Waals surface area contributed by atoms with Crippen molar-refractivity contribution in [3.8, 4) is 0 Å². The third-order valence-corrected chi connectivity index (χ3v) is 4.02. The molecule has 102 valence electrons. The maximum absolute atomic E-state index is 12.0. The van der Waals surface area contributed by atoms with Crippen molar-refractivity contribution in [1.29, 1.82) is 0 Å². The van der Waals surface area contributed by atoms with Gasteiger partial charge in [-0.2, -0.15) is 0 Å². The zero-order valence-corrected chi connectivity index (χ0v) is 10.9. The number of nitrogens with zero attached hydrogens (tertiary/aromatic N) is 1. The van der Waals surface area contributed by atoms with Gasteiger partial charge in [0.15, 0.2) is 0 Å². The van der Waals surface area contributed by atoms with Crippen LogP contribution in [0, 0.1) is 11.8 Å². The van der Waals surface area contributed by atoms with Gasteiger partial charge >= 0.3 is 12.0 Å². The monoisotopic (exact) mass is 254 g/mol. The summed E-state index contributed by atoms with van der Waals surface area (Å²) >= 11 is 0. The average molecular weight is 254 g/mol. The van der Waals surface area contributed by atoms with E-state index in [9.17, 15) is 9.59 Å². The van der Waals surface area contributed by atoms with Gasteiger partial charge in [-0.3, -0.25) is 4.79 Å². The van der Waals surface area contributed by atoms with Crippen molar-refractivity contribution in [2.24, 2.45) is 11.8 Å². The third-order valence-electron chi connectivity index (χ3n) is 4.02. The summed E-state index contributed by atoms with van der Waals surface area (Å²) in [6.07, 6.45) is 4.26. The molecule has 2 rings (SSSR count). The standard InChI is InChI=1S/C13H22N2O3/c1-9(11-3-4-11)14-13(18)15-7-6-10(8-15)2-5-12(16)17/h9-11H,2-8H2,1H3,(H,14,18)(H,16,17). The fourth-order valence-electron chi connectivity index (χ4n) is 2.58. The molecule has 2 amide bonds.